The van der Waals surface area contributed by atoms with Crippen LogP contribution in [0.25, 0.3) is 87.6 Å². The zero-order valence-electron chi connectivity index (χ0n) is 28.0. The standard InChI is InChI=1S/C42H26O/c1-2-13-28(14-3-1)39-32-16-6-8-18-34(32)40(35-19-9-7-17-33(35)39)36-21-11-23-38-41(36)37-22-10-20-31(42(37)43-38)30-25-24-27-12-4-5-15-29(27)26-30/h1-26H/i1D,2D,3D,13D,14D. The molecular weight excluding hydrogens is 520 g/mol. The predicted octanol–water partition coefficient (Wildman–Crippen LogP) is 12.0. The first-order chi connectivity index (χ1) is 23.4. The zero-order valence-corrected chi connectivity index (χ0v) is 23.0. The summed E-state index contributed by atoms with van der Waals surface area (Å²) >= 11 is 0. The van der Waals surface area contributed by atoms with Crippen molar-refractivity contribution in [1.29, 1.82) is 0 Å². The van der Waals surface area contributed by atoms with E-state index in [-0.39, 0.29) is 29.7 Å². The Bertz CT molecular complexity index is 2710. The topological polar surface area (TPSA) is 13.1 Å². The number of fused-ring (bicyclic) bond motifs is 6. The molecule has 1 heteroatoms. The molecule has 0 N–H and O–H groups in total. The van der Waals surface area contributed by atoms with E-state index >= 15 is 0 Å². The van der Waals surface area contributed by atoms with E-state index in [1.54, 1.807) is 0 Å². The molecule has 9 rings (SSSR count). The molecule has 0 aliphatic heterocycles. The Morgan fingerprint density at radius 1 is 0.442 bits per heavy atom. The van der Waals surface area contributed by atoms with Crippen molar-refractivity contribution in [3.63, 3.8) is 0 Å². The maximum atomic E-state index is 8.87. The van der Waals surface area contributed by atoms with Crippen molar-refractivity contribution >= 4 is 54.3 Å². The molecule has 0 radical (unpaired) electrons. The Morgan fingerprint density at radius 2 is 1.05 bits per heavy atom. The van der Waals surface area contributed by atoms with E-state index < -0.39 is 6.04 Å². The first-order valence-corrected chi connectivity index (χ1v) is 14.4. The Morgan fingerprint density at radius 3 is 1.79 bits per heavy atom. The molecule has 0 aliphatic carbocycles. The predicted molar refractivity (Wildman–Crippen MR) is 183 cm³/mol. The molecule has 0 bridgehead atoms. The molecule has 0 saturated heterocycles. The van der Waals surface area contributed by atoms with Gasteiger partial charge < -0.3 is 4.42 Å². The third kappa shape index (κ3) is 3.65. The van der Waals surface area contributed by atoms with Crippen molar-refractivity contribution in [3.8, 4) is 33.4 Å². The van der Waals surface area contributed by atoms with Crippen molar-refractivity contribution in [2.45, 2.75) is 0 Å². The molecule has 0 unspecified atom stereocenters. The van der Waals surface area contributed by atoms with Crippen LogP contribution >= 0.6 is 0 Å². The third-order valence-corrected chi connectivity index (χ3v) is 8.53. The highest BCUT2D eigenvalue weighted by atomic mass is 16.3. The lowest BCUT2D eigenvalue weighted by molar-refractivity contribution is 0.670. The first kappa shape index (κ1) is 19.5. The molecule has 0 amide bonds. The van der Waals surface area contributed by atoms with Gasteiger partial charge in [0.25, 0.3) is 0 Å². The van der Waals surface area contributed by atoms with Gasteiger partial charge in [-0.2, -0.15) is 0 Å². The highest BCUT2D eigenvalue weighted by molar-refractivity contribution is 6.26. The molecule has 0 atom stereocenters. The summed E-state index contributed by atoms with van der Waals surface area (Å²) in [7, 11) is 0. The number of furan rings is 1. The van der Waals surface area contributed by atoms with Gasteiger partial charge in [-0.25, -0.2) is 0 Å². The fourth-order valence-corrected chi connectivity index (χ4v) is 6.70. The second-order valence-electron chi connectivity index (χ2n) is 10.9. The first-order valence-electron chi connectivity index (χ1n) is 16.9. The van der Waals surface area contributed by atoms with Gasteiger partial charge in [0, 0.05) is 16.3 Å². The molecule has 1 heterocycles. The van der Waals surface area contributed by atoms with E-state index in [1.165, 1.54) is 10.8 Å². The smallest absolute Gasteiger partial charge is 0.143 e. The van der Waals surface area contributed by atoms with E-state index in [0.717, 1.165) is 65.7 Å². The second kappa shape index (κ2) is 9.44. The van der Waals surface area contributed by atoms with Gasteiger partial charge in [-0.05, 0) is 72.3 Å². The van der Waals surface area contributed by atoms with Gasteiger partial charge in [0.1, 0.15) is 11.2 Å². The number of para-hydroxylation sites is 1. The molecule has 8 aromatic carbocycles. The lowest BCUT2D eigenvalue weighted by Gasteiger charge is -2.18. The summed E-state index contributed by atoms with van der Waals surface area (Å²) in [4.78, 5) is 0. The lowest BCUT2D eigenvalue weighted by Crippen LogP contribution is -1.91. The highest BCUT2D eigenvalue weighted by Gasteiger charge is 2.21. The molecule has 200 valence electrons. The van der Waals surface area contributed by atoms with Crippen molar-refractivity contribution in [3.05, 3.63) is 158 Å². The van der Waals surface area contributed by atoms with Crippen LogP contribution in [0.15, 0.2) is 162 Å². The maximum Gasteiger partial charge on any atom is 0.143 e. The van der Waals surface area contributed by atoms with Crippen LogP contribution in [0.2, 0.25) is 0 Å². The summed E-state index contributed by atoms with van der Waals surface area (Å²) in [5, 5.41) is 7.83. The van der Waals surface area contributed by atoms with Gasteiger partial charge in [-0.15, -0.1) is 0 Å². The van der Waals surface area contributed by atoms with Crippen LogP contribution in [0.4, 0.5) is 0 Å². The monoisotopic (exact) mass is 551 g/mol. The molecule has 0 saturated carbocycles. The summed E-state index contributed by atoms with van der Waals surface area (Å²) in [6, 6.07) is 41.7. The fourth-order valence-electron chi connectivity index (χ4n) is 6.70. The zero-order chi connectivity index (χ0) is 32.7. The van der Waals surface area contributed by atoms with E-state index in [4.69, 9.17) is 11.3 Å². The minimum atomic E-state index is -0.402. The number of hydrogen-bond acceptors (Lipinski definition) is 1. The third-order valence-electron chi connectivity index (χ3n) is 8.53. The molecule has 0 fully saturated rings. The van der Waals surface area contributed by atoms with Crippen molar-refractivity contribution < 1.29 is 11.3 Å². The van der Waals surface area contributed by atoms with E-state index in [0.29, 0.717) is 5.56 Å². The minimum Gasteiger partial charge on any atom is -0.455 e. The fraction of sp³-hybridized carbons (Fsp3) is 0. The summed E-state index contributed by atoms with van der Waals surface area (Å²) < 4.78 is 49.5. The number of hydrogen-bond donors (Lipinski definition) is 0. The largest absolute Gasteiger partial charge is 0.455 e. The summed E-state index contributed by atoms with van der Waals surface area (Å²) in [5.41, 5.74) is 6.53. The van der Waals surface area contributed by atoms with E-state index in [9.17, 15) is 0 Å². The Labute approximate surface area is 256 Å². The van der Waals surface area contributed by atoms with Crippen LogP contribution < -0.4 is 0 Å². The van der Waals surface area contributed by atoms with Gasteiger partial charge in [0.15, 0.2) is 0 Å². The molecule has 9 aromatic rings. The summed E-state index contributed by atoms with van der Waals surface area (Å²) in [6.45, 7) is 0. The van der Waals surface area contributed by atoms with E-state index in [1.807, 2.05) is 54.6 Å². The maximum absolute atomic E-state index is 8.87. The van der Waals surface area contributed by atoms with Crippen molar-refractivity contribution in [2.24, 2.45) is 0 Å². The number of rotatable bonds is 3. The molecule has 1 nitrogen and oxygen atoms in total. The Balaban J connectivity index is 1.38. The van der Waals surface area contributed by atoms with E-state index in [2.05, 4.69) is 72.8 Å². The van der Waals surface area contributed by atoms with Crippen LogP contribution in [0.1, 0.15) is 6.85 Å². The average molecular weight is 552 g/mol. The van der Waals surface area contributed by atoms with Crippen LogP contribution in [-0.4, -0.2) is 0 Å². The van der Waals surface area contributed by atoms with Gasteiger partial charge >= 0.3 is 0 Å². The Hall–Kier alpha value is -5.66. The summed E-state index contributed by atoms with van der Waals surface area (Å²) in [5.74, 6) is 0. The van der Waals surface area contributed by atoms with Gasteiger partial charge in [0.05, 0.1) is 6.85 Å². The van der Waals surface area contributed by atoms with Crippen LogP contribution in [0.3, 0.4) is 0 Å². The van der Waals surface area contributed by atoms with Gasteiger partial charge in [0.2, 0.25) is 0 Å². The van der Waals surface area contributed by atoms with Crippen LogP contribution in [0.5, 0.6) is 0 Å². The SMILES string of the molecule is [2H]c1c([2H])c([2H])c(-c2c3ccccc3c(-c3cccc4oc5c(-c6ccc7ccccc7c6)cccc5c34)c3ccccc23)c([2H])c1[2H]. The molecule has 0 aliphatic rings. The van der Waals surface area contributed by atoms with Gasteiger partial charge in [-0.3, -0.25) is 0 Å². The molecule has 1 aromatic heterocycles. The molecule has 43 heavy (non-hydrogen) atoms. The highest BCUT2D eigenvalue weighted by Crippen LogP contribution is 2.47. The lowest BCUT2D eigenvalue weighted by atomic mass is 9.85. The summed E-state index contributed by atoms with van der Waals surface area (Å²) in [6.07, 6.45) is 0. The number of benzene rings is 8. The van der Waals surface area contributed by atoms with Crippen molar-refractivity contribution in [2.75, 3.05) is 0 Å². The normalized spacial score (nSPS) is 13.3. The molecule has 0 spiro atoms. The second-order valence-corrected chi connectivity index (χ2v) is 10.9. The Kier molecular flexibility index (Phi) is 4.27. The molecular formula is C42H26O. The minimum absolute atomic E-state index is 0.201. The van der Waals surface area contributed by atoms with Crippen LogP contribution in [-0.2, 0) is 0 Å². The average Bonchev–Trinajstić information content (AvgIpc) is 3.52. The quantitative estimate of drug-likeness (QED) is 0.199. The van der Waals surface area contributed by atoms with Crippen LogP contribution in [0, 0.1) is 0 Å². The van der Waals surface area contributed by atoms with Gasteiger partial charge in [-0.1, -0.05) is 145 Å². The van der Waals surface area contributed by atoms with Crippen molar-refractivity contribution in [1.82, 2.24) is 0 Å².